The van der Waals surface area contributed by atoms with Crippen LogP contribution in [0.5, 0.6) is 0 Å². The number of likely N-dealkylation sites (tertiary alicyclic amines) is 1. The van der Waals surface area contributed by atoms with E-state index in [0.29, 0.717) is 5.91 Å². The molecule has 1 amide bonds. The highest BCUT2D eigenvalue weighted by molar-refractivity contribution is 5.82. The van der Waals surface area contributed by atoms with Crippen LogP contribution in [-0.4, -0.2) is 61.5 Å². The van der Waals surface area contributed by atoms with Crippen molar-refractivity contribution in [1.29, 1.82) is 0 Å². The lowest BCUT2D eigenvalue weighted by molar-refractivity contribution is -0.135. The second-order valence-corrected chi connectivity index (χ2v) is 6.89. The number of carbonyl (C=O) groups excluding carboxylic acids is 1. The molecule has 2 rings (SSSR count). The van der Waals surface area contributed by atoms with Crippen LogP contribution in [-0.2, 0) is 4.79 Å². The van der Waals surface area contributed by atoms with E-state index < -0.39 is 0 Å². The van der Waals surface area contributed by atoms with Gasteiger partial charge in [0.25, 0.3) is 0 Å². The summed E-state index contributed by atoms with van der Waals surface area (Å²) in [5.41, 5.74) is 0. The smallest absolute Gasteiger partial charge is 0.239 e. The molecule has 2 aliphatic rings. The summed E-state index contributed by atoms with van der Waals surface area (Å²) in [5.74, 6) is 1.13. The number of carbonyl (C=O) groups is 1. The molecule has 2 aliphatic heterocycles. The zero-order chi connectivity index (χ0) is 15.1. The van der Waals surface area contributed by atoms with Crippen LogP contribution in [0.3, 0.4) is 0 Å². The van der Waals surface area contributed by atoms with Gasteiger partial charge in [0.15, 0.2) is 0 Å². The molecule has 2 heterocycles. The molecule has 0 aromatic rings. The van der Waals surface area contributed by atoms with Crippen LogP contribution >= 0.6 is 0 Å². The molecule has 4 nitrogen and oxygen atoms in total. The fourth-order valence-corrected chi connectivity index (χ4v) is 3.58. The molecule has 2 saturated heterocycles. The van der Waals surface area contributed by atoms with Gasteiger partial charge in [-0.05, 0) is 58.2 Å². The fraction of sp³-hybridized carbons (Fsp3) is 0.941. The first-order valence-electron chi connectivity index (χ1n) is 8.91. The first-order chi connectivity index (χ1) is 10.2. The molecular formula is C17H33N3O. The van der Waals surface area contributed by atoms with E-state index in [9.17, 15) is 4.79 Å². The zero-order valence-corrected chi connectivity index (χ0v) is 13.9. The molecule has 0 bridgehead atoms. The molecule has 4 heteroatoms. The molecule has 0 aliphatic carbocycles. The van der Waals surface area contributed by atoms with Crippen molar-refractivity contribution < 1.29 is 4.79 Å². The van der Waals surface area contributed by atoms with Crippen molar-refractivity contribution >= 4 is 5.91 Å². The van der Waals surface area contributed by atoms with Gasteiger partial charge in [-0.3, -0.25) is 4.79 Å². The Hall–Kier alpha value is -0.610. The van der Waals surface area contributed by atoms with Gasteiger partial charge in [0.1, 0.15) is 0 Å². The van der Waals surface area contributed by atoms with E-state index in [2.05, 4.69) is 29.1 Å². The van der Waals surface area contributed by atoms with Gasteiger partial charge < -0.3 is 15.1 Å². The molecule has 0 unspecified atom stereocenters. The van der Waals surface area contributed by atoms with Gasteiger partial charge in [-0.1, -0.05) is 19.8 Å². The number of nitrogens with zero attached hydrogens (tertiary/aromatic N) is 2. The monoisotopic (exact) mass is 295 g/mol. The Balaban J connectivity index is 1.68. The summed E-state index contributed by atoms with van der Waals surface area (Å²) in [7, 11) is 2.24. The lowest BCUT2D eigenvalue weighted by Crippen LogP contribution is -2.51. The van der Waals surface area contributed by atoms with E-state index in [1.54, 1.807) is 0 Å². The first-order valence-corrected chi connectivity index (χ1v) is 8.91. The second kappa shape index (κ2) is 8.74. The van der Waals surface area contributed by atoms with E-state index in [-0.39, 0.29) is 6.04 Å². The predicted octanol–water partition coefficient (Wildman–Crippen LogP) is 2.10. The SMILES string of the molecule is CCCCN(C)CC1CCN(C(=O)[C@H]2CCCCN2)CC1. The predicted molar refractivity (Wildman–Crippen MR) is 87.4 cm³/mol. The molecule has 1 atom stereocenters. The van der Waals surface area contributed by atoms with E-state index in [1.165, 1.54) is 51.6 Å². The average Bonchev–Trinajstić information content (AvgIpc) is 2.54. The van der Waals surface area contributed by atoms with Crippen LogP contribution in [0.25, 0.3) is 0 Å². The normalized spacial score (nSPS) is 24.5. The van der Waals surface area contributed by atoms with Crippen molar-refractivity contribution in [3.05, 3.63) is 0 Å². The number of piperidine rings is 2. The van der Waals surface area contributed by atoms with Crippen molar-refractivity contribution in [2.75, 3.05) is 39.8 Å². The Morgan fingerprint density at radius 3 is 2.62 bits per heavy atom. The fourth-order valence-electron chi connectivity index (χ4n) is 3.58. The minimum Gasteiger partial charge on any atom is -0.341 e. The minimum atomic E-state index is 0.0996. The number of rotatable bonds is 6. The molecule has 0 aromatic carbocycles. The van der Waals surface area contributed by atoms with Gasteiger partial charge in [-0.25, -0.2) is 0 Å². The Morgan fingerprint density at radius 2 is 2.00 bits per heavy atom. The van der Waals surface area contributed by atoms with Crippen LogP contribution in [0.4, 0.5) is 0 Å². The maximum atomic E-state index is 12.5. The number of unbranched alkanes of at least 4 members (excludes halogenated alkanes) is 1. The molecule has 0 saturated carbocycles. The van der Waals surface area contributed by atoms with Crippen molar-refractivity contribution in [3.63, 3.8) is 0 Å². The highest BCUT2D eigenvalue weighted by atomic mass is 16.2. The van der Waals surface area contributed by atoms with Crippen LogP contribution in [0.2, 0.25) is 0 Å². The molecular weight excluding hydrogens is 262 g/mol. The average molecular weight is 295 g/mol. The van der Waals surface area contributed by atoms with Crippen molar-refractivity contribution in [3.8, 4) is 0 Å². The standard InChI is InChI=1S/C17H33N3O/c1-3-4-11-19(2)14-15-8-12-20(13-9-15)17(21)16-7-5-6-10-18-16/h15-16,18H,3-14H2,1-2H3/t16-/m1/s1. The van der Waals surface area contributed by atoms with Gasteiger partial charge in [-0.15, -0.1) is 0 Å². The summed E-state index contributed by atoms with van der Waals surface area (Å²) in [6.07, 6.45) is 8.35. The van der Waals surface area contributed by atoms with E-state index in [4.69, 9.17) is 0 Å². The molecule has 0 spiro atoms. The molecule has 21 heavy (non-hydrogen) atoms. The third-order valence-electron chi connectivity index (χ3n) is 5.00. The van der Waals surface area contributed by atoms with Crippen LogP contribution in [0.15, 0.2) is 0 Å². The van der Waals surface area contributed by atoms with Gasteiger partial charge in [-0.2, -0.15) is 0 Å². The van der Waals surface area contributed by atoms with Gasteiger partial charge in [0, 0.05) is 19.6 Å². The quantitative estimate of drug-likeness (QED) is 0.815. The number of hydrogen-bond donors (Lipinski definition) is 1. The summed E-state index contributed by atoms with van der Waals surface area (Å²) in [6.45, 7) is 7.59. The Morgan fingerprint density at radius 1 is 1.24 bits per heavy atom. The number of amides is 1. The zero-order valence-electron chi connectivity index (χ0n) is 13.9. The molecule has 122 valence electrons. The molecule has 2 fully saturated rings. The Kier molecular flexibility index (Phi) is 6.97. The van der Waals surface area contributed by atoms with Crippen molar-refractivity contribution in [1.82, 2.24) is 15.1 Å². The lowest BCUT2D eigenvalue weighted by Gasteiger charge is -2.36. The maximum Gasteiger partial charge on any atom is 0.239 e. The second-order valence-electron chi connectivity index (χ2n) is 6.89. The third-order valence-corrected chi connectivity index (χ3v) is 5.00. The molecule has 0 radical (unpaired) electrons. The minimum absolute atomic E-state index is 0.0996. The van der Waals surface area contributed by atoms with E-state index >= 15 is 0 Å². The first kappa shape index (κ1) is 16.8. The Bertz CT molecular complexity index is 307. The summed E-state index contributed by atoms with van der Waals surface area (Å²) in [6, 6.07) is 0.0996. The van der Waals surface area contributed by atoms with Gasteiger partial charge in [0.2, 0.25) is 5.91 Å². The summed E-state index contributed by atoms with van der Waals surface area (Å²) < 4.78 is 0. The van der Waals surface area contributed by atoms with Crippen LogP contribution in [0, 0.1) is 5.92 Å². The Labute approximate surface area is 130 Å². The number of nitrogens with one attached hydrogen (secondary N) is 1. The van der Waals surface area contributed by atoms with Crippen molar-refractivity contribution in [2.24, 2.45) is 5.92 Å². The van der Waals surface area contributed by atoms with E-state index in [1.807, 2.05) is 0 Å². The number of hydrogen-bond acceptors (Lipinski definition) is 3. The maximum absolute atomic E-state index is 12.5. The highest BCUT2D eigenvalue weighted by Gasteiger charge is 2.29. The highest BCUT2D eigenvalue weighted by Crippen LogP contribution is 2.20. The van der Waals surface area contributed by atoms with Gasteiger partial charge in [0.05, 0.1) is 6.04 Å². The molecule has 0 aromatic heterocycles. The summed E-state index contributed by atoms with van der Waals surface area (Å²) >= 11 is 0. The van der Waals surface area contributed by atoms with Gasteiger partial charge >= 0.3 is 0 Å². The summed E-state index contributed by atoms with van der Waals surface area (Å²) in [5, 5.41) is 3.38. The van der Waals surface area contributed by atoms with Crippen LogP contribution < -0.4 is 5.32 Å². The lowest BCUT2D eigenvalue weighted by atomic mass is 9.95. The third kappa shape index (κ3) is 5.26. The van der Waals surface area contributed by atoms with E-state index in [0.717, 1.165) is 32.0 Å². The molecule has 1 N–H and O–H groups in total. The van der Waals surface area contributed by atoms with Crippen LogP contribution in [0.1, 0.15) is 51.9 Å². The summed E-state index contributed by atoms with van der Waals surface area (Å²) in [4.78, 5) is 17.0. The topological polar surface area (TPSA) is 35.6 Å². The van der Waals surface area contributed by atoms with Crippen molar-refractivity contribution in [2.45, 2.75) is 57.9 Å². The largest absolute Gasteiger partial charge is 0.341 e.